The smallest absolute Gasteiger partial charge is 0.253 e. The molecular formula is C15H22BrNO. The van der Waals surface area contributed by atoms with Gasteiger partial charge in [0.15, 0.2) is 0 Å². The summed E-state index contributed by atoms with van der Waals surface area (Å²) in [6.45, 7) is 6.46. The molecule has 0 aliphatic rings. The molecule has 1 rings (SSSR count). The Kier molecular flexibility index (Phi) is 5.86. The average molecular weight is 312 g/mol. The first-order chi connectivity index (χ1) is 8.45. The molecule has 1 amide bonds. The van der Waals surface area contributed by atoms with Crippen LogP contribution >= 0.6 is 15.9 Å². The summed E-state index contributed by atoms with van der Waals surface area (Å²) in [4.78, 5) is 14.1. The first-order valence-electron chi connectivity index (χ1n) is 6.37. The van der Waals surface area contributed by atoms with Crippen molar-refractivity contribution in [1.82, 2.24) is 4.90 Å². The molecule has 1 aromatic carbocycles. The lowest BCUT2D eigenvalue weighted by atomic mass is 10.0. The number of hydrogen-bond acceptors (Lipinski definition) is 1. The van der Waals surface area contributed by atoms with E-state index in [4.69, 9.17) is 0 Å². The van der Waals surface area contributed by atoms with Crippen molar-refractivity contribution in [2.45, 2.75) is 38.6 Å². The monoisotopic (exact) mass is 311 g/mol. The molecule has 0 bridgehead atoms. The van der Waals surface area contributed by atoms with E-state index in [1.807, 2.05) is 36.2 Å². The van der Waals surface area contributed by atoms with Gasteiger partial charge in [0.1, 0.15) is 0 Å². The van der Waals surface area contributed by atoms with Gasteiger partial charge in [0.2, 0.25) is 0 Å². The number of rotatable bonds is 5. The number of alkyl halides is 1. The van der Waals surface area contributed by atoms with Crippen LogP contribution in [0.15, 0.2) is 24.3 Å². The highest BCUT2D eigenvalue weighted by atomic mass is 79.9. The zero-order valence-electron chi connectivity index (χ0n) is 11.6. The van der Waals surface area contributed by atoms with Gasteiger partial charge in [-0.25, -0.2) is 0 Å². The number of hydrogen-bond donors (Lipinski definition) is 0. The number of amides is 1. The van der Waals surface area contributed by atoms with Crippen LogP contribution in [-0.2, 0) is 5.33 Å². The Labute approximate surface area is 119 Å². The van der Waals surface area contributed by atoms with Crippen molar-refractivity contribution in [3.63, 3.8) is 0 Å². The second-order valence-corrected chi connectivity index (χ2v) is 5.79. The van der Waals surface area contributed by atoms with Crippen LogP contribution in [0.4, 0.5) is 0 Å². The number of halogens is 1. The molecule has 1 aromatic rings. The van der Waals surface area contributed by atoms with Gasteiger partial charge in [0.05, 0.1) is 0 Å². The Morgan fingerprint density at radius 2 is 1.78 bits per heavy atom. The molecular weight excluding hydrogens is 290 g/mol. The van der Waals surface area contributed by atoms with E-state index in [1.165, 1.54) is 5.56 Å². The van der Waals surface area contributed by atoms with Gasteiger partial charge in [-0.15, -0.1) is 0 Å². The van der Waals surface area contributed by atoms with Gasteiger partial charge in [0, 0.05) is 24.0 Å². The second kappa shape index (κ2) is 6.93. The Morgan fingerprint density at radius 1 is 1.22 bits per heavy atom. The van der Waals surface area contributed by atoms with Crippen LogP contribution in [0.5, 0.6) is 0 Å². The molecule has 1 atom stereocenters. The third-order valence-electron chi connectivity index (χ3n) is 3.15. The summed E-state index contributed by atoms with van der Waals surface area (Å²) >= 11 is 3.40. The maximum Gasteiger partial charge on any atom is 0.253 e. The molecule has 0 spiro atoms. The van der Waals surface area contributed by atoms with E-state index in [2.05, 4.69) is 36.7 Å². The fraction of sp³-hybridized carbons (Fsp3) is 0.533. The van der Waals surface area contributed by atoms with Crippen molar-refractivity contribution in [2.24, 2.45) is 5.92 Å². The molecule has 0 saturated carbocycles. The quantitative estimate of drug-likeness (QED) is 0.750. The molecule has 0 saturated heterocycles. The molecule has 18 heavy (non-hydrogen) atoms. The van der Waals surface area contributed by atoms with Crippen molar-refractivity contribution in [2.75, 3.05) is 7.05 Å². The number of carbonyl (C=O) groups is 1. The molecule has 0 fully saturated rings. The third kappa shape index (κ3) is 4.13. The van der Waals surface area contributed by atoms with Crippen molar-refractivity contribution >= 4 is 21.8 Å². The van der Waals surface area contributed by atoms with Crippen LogP contribution in [0, 0.1) is 5.92 Å². The zero-order chi connectivity index (χ0) is 13.7. The maximum absolute atomic E-state index is 12.3. The Hall–Kier alpha value is -0.830. The number of nitrogens with zero attached hydrogens (tertiary/aromatic N) is 1. The minimum absolute atomic E-state index is 0.101. The molecule has 2 nitrogen and oxygen atoms in total. The summed E-state index contributed by atoms with van der Waals surface area (Å²) in [7, 11) is 1.88. The van der Waals surface area contributed by atoms with Gasteiger partial charge in [-0.3, -0.25) is 4.79 Å². The van der Waals surface area contributed by atoms with E-state index in [0.717, 1.165) is 17.3 Å². The van der Waals surface area contributed by atoms with E-state index < -0.39 is 0 Å². The van der Waals surface area contributed by atoms with Gasteiger partial charge in [-0.1, -0.05) is 41.9 Å². The highest BCUT2D eigenvalue weighted by Gasteiger charge is 2.18. The fourth-order valence-corrected chi connectivity index (χ4v) is 2.35. The van der Waals surface area contributed by atoms with Crippen LogP contribution in [0.2, 0.25) is 0 Å². The summed E-state index contributed by atoms with van der Waals surface area (Å²) < 4.78 is 0. The summed E-state index contributed by atoms with van der Waals surface area (Å²) in [5.41, 5.74) is 1.95. The van der Waals surface area contributed by atoms with Crippen molar-refractivity contribution in [1.29, 1.82) is 0 Å². The third-order valence-corrected chi connectivity index (χ3v) is 3.80. The van der Waals surface area contributed by atoms with Gasteiger partial charge >= 0.3 is 0 Å². The van der Waals surface area contributed by atoms with E-state index in [1.54, 1.807) is 0 Å². The molecule has 0 aliphatic heterocycles. The summed E-state index contributed by atoms with van der Waals surface area (Å²) in [6, 6.07) is 8.05. The topological polar surface area (TPSA) is 20.3 Å². The molecule has 0 aliphatic carbocycles. The molecule has 3 heteroatoms. The summed E-state index contributed by atoms with van der Waals surface area (Å²) in [5.74, 6) is 0.704. The number of carbonyl (C=O) groups excluding carboxylic acids is 1. The Bertz CT molecular complexity index is 386. The van der Waals surface area contributed by atoms with E-state index in [-0.39, 0.29) is 11.9 Å². The van der Waals surface area contributed by atoms with Crippen molar-refractivity contribution < 1.29 is 4.79 Å². The Balaban J connectivity index is 2.73. The highest BCUT2D eigenvalue weighted by molar-refractivity contribution is 9.08. The van der Waals surface area contributed by atoms with Crippen LogP contribution in [0.25, 0.3) is 0 Å². The Morgan fingerprint density at radius 3 is 2.22 bits per heavy atom. The molecule has 100 valence electrons. The maximum atomic E-state index is 12.3. The predicted molar refractivity (Wildman–Crippen MR) is 80.1 cm³/mol. The van der Waals surface area contributed by atoms with E-state index in [9.17, 15) is 4.79 Å². The summed E-state index contributed by atoms with van der Waals surface area (Å²) in [5, 5.41) is 0.820. The SMILES string of the molecule is CC(C)CC(C)N(C)C(=O)c1ccc(CBr)cc1. The standard InChI is InChI=1S/C15H22BrNO/c1-11(2)9-12(3)17(4)15(18)14-7-5-13(10-16)6-8-14/h5-8,11-12H,9-10H2,1-4H3. The summed E-state index contributed by atoms with van der Waals surface area (Å²) in [6.07, 6.45) is 1.03. The molecule has 0 aromatic heterocycles. The lowest BCUT2D eigenvalue weighted by Crippen LogP contribution is -2.35. The average Bonchev–Trinajstić information content (AvgIpc) is 2.36. The molecule has 0 radical (unpaired) electrons. The fourth-order valence-electron chi connectivity index (χ4n) is 1.98. The normalized spacial score (nSPS) is 12.6. The second-order valence-electron chi connectivity index (χ2n) is 5.23. The van der Waals surface area contributed by atoms with Crippen molar-refractivity contribution in [3.8, 4) is 0 Å². The largest absolute Gasteiger partial charge is 0.339 e. The van der Waals surface area contributed by atoms with E-state index >= 15 is 0 Å². The first kappa shape index (κ1) is 15.2. The van der Waals surface area contributed by atoms with Crippen LogP contribution < -0.4 is 0 Å². The lowest BCUT2D eigenvalue weighted by Gasteiger charge is -2.26. The van der Waals surface area contributed by atoms with Crippen LogP contribution in [0.3, 0.4) is 0 Å². The number of benzene rings is 1. The minimum atomic E-state index is 0.101. The first-order valence-corrected chi connectivity index (χ1v) is 7.50. The van der Waals surface area contributed by atoms with Gasteiger partial charge in [-0.2, -0.15) is 0 Å². The van der Waals surface area contributed by atoms with E-state index in [0.29, 0.717) is 5.92 Å². The molecule has 0 N–H and O–H groups in total. The van der Waals surface area contributed by atoms with Gasteiger partial charge in [-0.05, 0) is 37.0 Å². The molecule has 1 unspecified atom stereocenters. The predicted octanol–water partition coefficient (Wildman–Crippen LogP) is 4.09. The highest BCUT2D eigenvalue weighted by Crippen LogP contribution is 2.14. The van der Waals surface area contributed by atoms with Crippen LogP contribution in [-0.4, -0.2) is 23.9 Å². The van der Waals surface area contributed by atoms with Crippen LogP contribution in [0.1, 0.15) is 43.1 Å². The zero-order valence-corrected chi connectivity index (χ0v) is 13.2. The minimum Gasteiger partial charge on any atom is -0.339 e. The van der Waals surface area contributed by atoms with Gasteiger partial charge < -0.3 is 4.90 Å². The van der Waals surface area contributed by atoms with Gasteiger partial charge in [0.25, 0.3) is 5.91 Å². The van der Waals surface area contributed by atoms with Crippen molar-refractivity contribution in [3.05, 3.63) is 35.4 Å². The lowest BCUT2D eigenvalue weighted by molar-refractivity contribution is 0.0728. The molecule has 0 heterocycles.